The highest BCUT2D eigenvalue weighted by Gasteiger charge is 2.47. The van der Waals surface area contributed by atoms with Gasteiger partial charge in [0, 0.05) is 32.6 Å². The molecule has 3 fully saturated rings. The van der Waals surface area contributed by atoms with Crippen molar-refractivity contribution in [3.05, 3.63) is 35.4 Å². The lowest BCUT2D eigenvalue weighted by Gasteiger charge is -2.38. The van der Waals surface area contributed by atoms with Crippen LogP contribution < -0.4 is 0 Å². The molecule has 0 bridgehead atoms. The van der Waals surface area contributed by atoms with E-state index in [0.29, 0.717) is 24.7 Å². The van der Waals surface area contributed by atoms with Gasteiger partial charge in [-0.05, 0) is 61.5 Å². The molecule has 1 unspecified atom stereocenters. The molecule has 4 heteroatoms. The molecule has 1 aromatic carbocycles. The van der Waals surface area contributed by atoms with Crippen molar-refractivity contribution in [2.24, 2.45) is 11.3 Å². The summed E-state index contributed by atoms with van der Waals surface area (Å²) in [5.74, 6) is 1.07. The topological polar surface area (TPSA) is 40.6 Å². The SMILES string of the molecule is Cc1ccccc1CC(=O)N1CC(CCC(=O)N2CCCC2)C2(CCCCC2)C1. The maximum atomic E-state index is 13.1. The Labute approximate surface area is 175 Å². The number of nitrogens with zero attached hydrogens (tertiary/aromatic N) is 2. The molecule has 3 aliphatic rings. The number of hydrogen-bond acceptors (Lipinski definition) is 2. The summed E-state index contributed by atoms with van der Waals surface area (Å²) in [5.41, 5.74) is 2.59. The highest BCUT2D eigenvalue weighted by molar-refractivity contribution is 5.79. The van der Waals surface area contributed by atoms with Crippen molar-refractivity contribution in [3.63, 3.8) is 0 Å². The number of rotatable bonds is 5. The molecule has 2 heterocycles. The van der Waals surface area contributed by atoms with Gasteiger partial charge in [-0.25, -0.2) is 0 Å². The normalized spacial score (nSPS) is 23.7. The van der Waals surface area contributed by atoms with Crippen molar-refractivity contribution in [2.45, 2.75) is 71.1 Å². The van der Waals surface area contributed by atoms with Gasteiger partial charge < -0.3 is 9.80 Å². The van der Waals surface area contributed by atoms with Crippen LogP contribution >= 0.6 is 0 Å². The highest BCUT2D eigenvalue weighted by atomic mass is 16.2. The zero-order valence-electron chi connectivity index (χ0n) is 18.0. The molecule has 1 aromatic rings. The number of likely N-dealkylation sites (tertiary alicyclic amines) is 2. The van der Waals surface area contributed by atoms with Gasteiger partial charge in [-0.2, -0.15) is 0 Å². The van der Waals surface area contributed by atoms with Gasteiger partial charge >= 0.3 is 0 Å². The van der Waals surface area contributed by atoms with Gasteiger partial charge in [-0.15, -0.1) is 0 Å². The smallest absolute Gasteiger partial charge is 0.227 e. The van der Waals surface area contributed by atoms with Crippen LogP contribution in [0.15, 0.2) is 24.3 Å². The monoisotopic (exact) mass is 396 g/mol. The lowest BCUT2D eigenvalue weighted by atomic mass is 9.66. The third-order valence-corrected chi connectivity index (χ3v) is 7.78. The van der Waals surface area contributed by atoms with E-state index in [9.17, 15) is 9.59 Å². The lowest BCUT2D eigenvalue weighted by molar-refractivity contribution is -0.130. The van der Waals surface area contributed by atoms with Crippen LogP contribution in [0.4, 0.5) is 0 Å². The predicted octanol–water partition coefficient (Wildman–Crippen LogP) is 4.35. The first-order valence-corrected chi connectivity index (χ1v) is 11.7. The van der Waals surface area contributed by atoms with E-state index < -0.39 is 0 Å². The fourth-order valence-corrected chi connectivity index (χ4v) is 5.95. The Kier molecular flexibility index (Phi) is 6.26. The first-order chi connectivity index (χ1) is 14.1. The van der Waals surface area contributed by atoms with Crippen LogP contribution in [0.5, 0.6) is 0 Å². The first-order valence-electron chi connectivity index (χ1n) is 11.7. The number of hydrogen-bond donors (Lipinski definition) is 0. The molecule has 4 nitrogen and oxygen atoms in total. The minimum atomic E-state index is 0.255. The van der Waals surface area contributed by atoms with E-state index in [-0.39, 0.29) is 11.3 Å². The summed E-state index contributed by atoms with van der Waals surface area (Å²) in [5, 5.41) is 0. The molecule has 2 amide bonds. The average molecular weight is 397 g/mol. The maximum absolute atomic E-state index is 13.1. The summed E-state index contributed by atoms with van der Waals surface area (Å²) in [6.07, 6.45) is 10.7. The molecule has 158 valence electrons. The quantitative estimate of drug-likeness (QED) is 0.742. The molecule has 29 heavy (non-hydrogen) atoms. The van der Waals surface area contributed by atoms with Gasteiger partial charge in [-0.1, -0.05) is 43.5 Å². The van der Waals surface area contributed by atoms with Crippen LogP contribution in [-0.4, -0.2) is 47.8 Å². The van der Waals surface area contributed by atoms with Crippen LogP contribution in [-0.2, 0) is 16.0 Å². The molecule has 1 aliphatic carbocycles. The van der Waals surface area contributed by atoms with Crippen molar-refractivity contribution in [3.8, 4) is 0 Å². The van der Waals surface area contributed by atoms with Crippen LogP contribution in [0, 0.1) is 18.3 Å². The Hall–Kier alpha value is -1.84. The van der Waals surface area contributed by atoms with Crippen LogP contribution in [0.25, 0.3) is 0 Å². The predicted molar refractivity (Wildman–Crippen MR) is 116 cm³/mol. The van der Waals surface area contributed by atoms with E-state index in [4.69, 9.17) is 0 Å². The maximum Gasteiger partial charge on any atom is 0.227 e. The molecule has 1 atom stereocenters. The molecule has 4 rings (SSSR count). The average Bonchev–Trinajstić information content (AvgIpc) is 3.38. The van der Waals surface area contributed by atoms with E-state index in [1.54, 1.807) is 0 Å². The van der Waals surface area contributed by atoms with Crippen molar-refractivity contribution >= 4 is 11.8 Å². The highest BCUT2D eigenvalue weighted by Crippen LogP contribution is 2.49. The molecule has 0 radical (unpaired) electrons. The largest absolute Gasteiger partial charge is 0.343 e. The second-order valence-corrected chi connectivity index (χ2v) is 9.62. The van der Waals surface area contributed by atoms with Gasteiger partial charge in [0.25, 0.3) is 0 Å². The van der Waals surface area contributed by atoms with Gasteiger partial charge in [0.15, 0.2) is 0 Å². The summed E-state index contributed by atoms with van der Waals surface area (Å²) in [4.78, 5) is 29.9. The molecule has 1 spiro atoms. The fraction of sp³-hybridized carbons (Fsp3) is 0.680. The third-order valence-electron chi connectivity index (χ3n) is 7.78. The standard InChI is InChI=1S/C25H36N2O2/c1-20-9-3-4-10-21(20)17-24(29)27-18-22(25(19-27)13-5-2-6-14-25)11-12-23(28)26-15-7-8-16-26/h3-4,9-10,22H,2,5-8,11-19H2,1H3. The molecule has 0 aromatic heterocycles. The van der Waals surface area contributed by atoms with E-state index in [1.807, 2.05) is 17.0 Å². The van der Waals surface area contributed by atoms with E-state index in [0.717, 1.165) is 51.0 Å². The summed E-state index contributed by atoms with van der Waals surface area (Å²) < 4.78 is 0. The summed E-state index contributed by atoms with van der Waals surface area (Å²) >= 11 is 0. The van der Waals surface area contributed by atoms with Crippen molar-refractivity contribution in [1.82, 2.24) is 9.80 Å². The van der Waals surface area contributed by atoms with E-state index >= 15 is 0 Å². The number of aryl methyl sites for hydroxylation is 1. The van der Waals surface area contributed by atoms with Gasteiger partial charge in [0.1, 0.15) is 0 Å². The minimum Gasteiger partial charge on any atom is -0.343 e. The minimum absolute atomic E-state index is 0.255. The molecular weight excluding hydrogens is 360 g/mol. The Morgan fingerprint density at radius 1 is 0.966 bits per heavy atom. The molecule has 0 N–H and O–H groups in total. The fourth-order valence-electron chi connectivity index (χ4n) is 5.95. The van der Waals surface area contributed by atoms with Crippen molar-refractivity contribution < 1.29 is 9.59 Å². The van der Waals surface area contributed by atoms with Crippen LogP contribution in [0.3, 0.4) is 0 Å². The second kappa shape index (κ2) is 8.89. The Morgan fingerprint density at radius 3 is 2.41 bits per heavy atom. The molecular formula is C25H36N2O2. The Balaban J connectivity index is 1.41. The second-order valence-electron chi connectivity index (χ2n) is 9.62. The number of benzene rings is 1. The van der Waals surface area contributed by atoms with Gasteiger partial charge in [-0.3, -0.25) is 9.59 Å². The van der Waals surface area contributed by atoms with E-state index in [1.165, 1.54) is 37.7 Å². The molecule has 1 saturated carbocycles. The number of carbonyl (C=O) groups is 2. The number of carbonyl (C=O) groups excluding carboxylic acids is 2. The molecule has 2 saturated heterocycles. The lowest BCUT2D eigenvalue weighted by Crippen LogP contribution is -2.35. The first kappa shape index (κ1) is 20.4. The summed E-state index contributed by atoms with van der Waals surface area (Å²) in [6.45, 7) is 5.71. The zero-order chi connectivity index (χ0) is 20.3. The van der Waals surface area contributed by atoms with E-state index in [2.05, 4.69) is 24.0 Å². The number of amides is 2. The van der Waals surface area contributed by atoms with Crippen LogP contribution in [0.1, 0.15) is 68.9 Å². The Bertz CT molecular complexity index is 732. The van der Waals surface area contributed by atoms with Crippen molar-refractivity contribution in [1.29, 1.82) is 0 Å². The van der Waals surface area contributed by atoms with Crippen LogP contribution in [0.2, 0.25) is 0 Å². The van der Waals surface area contributed by atoms with Gasteiger partial charge in [0.2, 0.25) is 11.8 Å². The van der Waals surface area contributed by atoms with Crippen molar-refractivity contribution in [2.75, 3.05) is 26.2 Å². The Morgan fingerprint density at radius 2 is 1.69 bits per heavy atom. The van der Waals surface area contributed by atoms with Gasteiger partial charge in [0.05, 0.1) is 6.42 Å². The molecule has 2 aliphatic heterocycles. The summed E-state index contributed by atoms with van der Waals surface area (Å²) in [7, 11) is 0. The zero-order valence-corrected chi connectivity index (χ0v) is 18.0. The summed E-state index contributed by atoms with van der Waals surface area (Å²) in [6, 6.07) is 8.21. The third kappa shape index (κ3) is 4.51.